The normalized spacial score (nSPS) is 10.2. The Morgan fingerprint density at radius 3 is 0.889 bits per heavy atom. The van der Waals surface area contributed by atoms with Crippen LogP contribution in [0.2, 0.25) is 0 Å². The van der Waals surface area contributed by atoms with Gasteiger partial charge in [-0.15, -0.1) is 0 Å². The van der Waals surface area contributed by atoms with Crippen molar-refractivity contribution < 1.29 is 39.5 Å². The zero-order chi connectivity index (χ0) is 53.2. The van der Waals surface area contributed by atoms with Crippen LogP contribution < -0.4 is 9.80 Å². The van der Waals surface area contributed by atoms with Crippen molar-refractivity contribution in [1.29, 1.82) is 0 Å². The fourth-order valence-corrected chi connectivity index (χ4v) is 7.49. The molecule has 0 atom stereocenters. The molecule has 11 nitrogen and oxygen atoms in total. The number of aryl methyl sites for hydroxylation is 4. The van der Waals surface area contributed by atoms with Crippen LogP contribution in [-0.2, 0) is 63.8 Å². The predicted octanol–water partition coefficient (Wildman–Crippen LogP) is 14.3. The SMILES string of the molecule is CCOC(=O)CCc1ccc(N(c2ccc(Br)cc2)c2ccc(CCC(=O)OCC)cc2)cc1.CCOC(=O)CCc1ccc(N(c2ccccc2)c2ccc(CCC(=O)OCC)cc2)cc1.[2H]CC.[B]=NS. The average Bonchev–Trinajstić information content (AvgIpc) is 3.40. The Balaban J connectivity index is 0.000000348. The number of rotatable bonds is 22. The molecule has 6 aromatic carbocycles. The van der Waals surface area contributed by atoms with Gasteiger partial charge >= 0.3 is 48.6 Å². The summed E-state index contributed by atoms with van der Waals surface area (Å²) in [5.41, 5.74) is 10.5. The third-order valence-corrected chi connectivity index (χ3v) is 11.1. The number of hydrogen-bond acceptors (Lipinski definition) is 12. The minimum absolute atomic E-state index is 0.171. The van der Waals surface area contributed by atoms with E-state index in [1.165, 1.54) is 0 Å². The molecule has 0 fully saturated rings. The monoisotopic (exact) mass is 1060 g/mol. The summed E-state index contributed by atoms with van der Waals surface area (Å²) in [5.74, 6) is -0.691. The van der Waals surface area contributed by atoms with E-state index in [1.54, 1.807) is 6.92 Å². The third-order valence-electron chi connectivity index (χ3n) is 10.6. The molecule has 0 bridgehead atoms. The molecular formula is C58H68BBrN3O8S. The van der Waals surface area contributed by atoms with E-state index in [-0.39, 0.29) is 23.9 Å². The number of carbonyl (C=O) groups is 4. The predicted molar refractivity (Wildman–Crippen MR) is 298 cm³/mol. The van der Waals surface area contributed by atoms with Gasteiger partial charge in [-0.2, -0.15) is 0 Å². The molecule has 0 saturated heterocycles. The van der Waals surface area contributed by atoms with E-state index in [0.717, 1.165) is 60.9 Å². The molecule has 1 radical (unpaired) electrons. The molecule has 0 saturated carbocycles. The first kappa shape index (κ1) is 58.1. The Bertz CT molecular complexity index is 2390. The number of hydrogen-bond donors (Lipinski definition) is 1. The second-order valence-electron chi connectivity index (χ2n) is 15.5. The van der Waals surface area contributed by atoms with Crippen LogP contribution in [0.4, 0.5) is 34.1 Å². The van der Waals surface area contributed by atoms with E-state index >= 15 is 0 Å². The quantitative estimate of drug-likeness (QED) is 0.0304. The Kier molecular flexibility index (Phi) is 28.0. The summed E-state index contributed by atoms with van der Waals surface area (Å²) in [5, 5.41) is 0. The molecular weight excluding hydrogens is 989 g/mol. The van der Waals surface area contributed by atoms with E-state index in [1.807, 2.05) is 82.3 Å². The molecule has 6 rings (SSSR count). The van der Waals surface area contributed by atoms with Crippen LogP contribution in [0, 0.1) is 0 Å². The average molecular weight is 1060 g/mol. The van der Waals surface area contributed by atoms with Gasteiger partial charge in [0.25, 0.3) is 0 Å². The van der Waals surface area contributed by atoms with E-state index in [9.17, 15) is 19.2 Å². The van der Waals surface area contributed by atoms with Crippen molar-refractivity contribution in [3.63, 3.8) is 0 Å². The van der Waals surface area contributed by atoms with Crippen LogP contribution in [0.15, 0.2) is 160 Å². The molecule has 0 aliphatic heterocycles. The number of ether oxygens (including phenoxy) is 4. The topological polar surface area (TPSA) is 124 Å². The van der Waals surface area contributed by atoms with E-state index < -0.39 is 0 Å². The molecule has 0 heterocycles. The Labute approximate surface area is 443 Å². The Morgan fingerprint density at radius 1 is 0.458 bits per heavy atom. The Hall–Kier alpha value is -6.51. The summed E-state index contributed by atoms with van der Waals surface area (Å²) >= 11 is 6.70. The first-order valence-electron chi connectivity index (χ1n) is 24.9. The van der Waals surface area contributed by atoms with Crippen LogP contribution in [-0.4, -0.2) is 57.9 Å². The molecule has 0 spiro atoms. The van der Waals surface area contributed by atoms with Crippen LogP contribution in [0.1, 0.15) is 90.8 Å². The van der Waals surface area contributed by atoms with Gasteiger partial charge in [0.05, 0.1) is 26.4 Å². The van der Waals surface area contributed by atoms with Gasteiger partial charge in [0.2, 0.25) is 0 Å². The number of anilines is 6. The van der Waals surface area contributed by atoms with E-state index in [4.69, 9.17) is 20.3 Å². The fraction of sp³-hybridized carbons (Fsp3) is 0.310. The summed E-state index contributed by atoms with van der Waals surface area (Å²) < 4.78 is 30.0. The zero-order valence-electron chi connectivity index (χ0n) is 43.1. The molecule has 0 unspecified atom stereocenters. The van der Waals surface area contributed by atoms with Crippen molar-refractivity contribution in [2.45, 2.75) is 92.9 Å². The van der Waals surface area contributed by atoms with Gasteiger partial charge in [-0.3, -0.25) is 19.2 Å². The van der Waals surface area contributed by atoms with Gasteiger partial charge in [0.1, 0.15) is 0 Å². The van der Waals surface area contributed by atoms with Gasteiger partial charge in [-0.05, 0) is 161 Å². The Morgan fingerprint density at radius 2 is 0.667 bits per heavy atom. The second kappa shape index (κ2) is 34.8. The molecule has 72 heavy (non-hydrogen) atoms. The number of nitrogens with zero attached hydrogens (tertiary/aromatic N) is 3. The number of benzene rings is 6. The van der Waals surface area contributed by atoms with Gasteiger partial charge in [-0.1, -0.05) is 96.5 Å². The number of para-hydroxylation sites is 1. The first-order chi connectivity index (χ1) is 35.4. The number of halogens is 1. The van der Waals surface area contributed by atoms with Crippen molar-refractivity contribution in [3.05, 3.63) is 178 Å². The van der Waals surface area contributed by atoms with Crippen LogP contribution in [0.5, 0.6) is 0 Å². The van der Waals surface area contributed by atoms with Crippen LogP contribution in [0.3, 0.4) is 0 Å². The minimum atomic E-state index is -0.175. The van der Waals surface area contributed by atoms with Crippen molar-refractivity contribution >= 4 is 94.4 Å². The van der Waals surface area contributed by atoms with Gasteiger partial charge < -0.3 is 28.7 Å². The van der Waals surface area contributed by atoms with Crippen LogP contribution in [0.25, 0.3) is 0 Å². The van der Waals surface area contributed by atoms with Crippen molar-refractivity contribution in [1.82, 2.24) is 0 Å². The molecule has 0 aromatic heterocycles. The maximum absolute atomic E-state index is 11.7. The summed E-state index contributed by atoms with van der Waals surface area (Å²) in [4.78, 5) is 51.0. The molecule has 0 amide bonds. The summed E-state index contributed by atoms with van der Waals surface area (Å²) in [6, 6.07) is 51.3. The third kappa shape index (κ3) is 21.5. The van der Waals surface area contributed by atoms with Crippen molar-refractivity contribution in [3.8, 4) is 0 Å². The summed E-state index contributed by atoms with van der Waals surface area (Å²) in [6.45, 7) is 11.2. The molecule has 14 heteroatoms. The number of thiol groups is 1. The summed E-state index contributed by atoms with van der Waals surface area (Å²) in [6.07, 6.45) is 4.10. The first-order valence-corrected chi connectivity index (χ1v) is 25.4. The molecule has 0 aliphatic carbocycles. The summed E-state index contributed by atoms with van der Waals surface area (Å²) in [7, 11) is 4.34. The fourth-order valence-electron chi connectivity index (χ4n) is 7.23. The molecule has 379 valence electrons. The van der Waals surface area contributed by atoms with Gasteiger partial charge in [-0.25, -0.2) is 0 Å². The van der Waals surface area contributed by atoms with Crippen LogP contribution >= 0.6 is 28.7 Å². The van der Waals surface area contributed by atoms with Gasteiger partial charge in [0.15, 0.2) is 0 Å². The maximum atomic E-state index is 11.7. The van der Waals surface area contributed by atoms with Crippen molar-refractivity contribution in [2.24, 2.45) is 4.30 Å². The molecule has 0 N–H and O–H groups in total. The van der Waals surface area contributed by atoms with Gasteiger partial charge in [0, 0.05) is 65.7 Å². The molecule has 0 aliphatic rings. The number of esters is 4. The van der Waals surface area contributed by atoms with E-state index in [0.29, 0.717) is 84.7 Å². The zero-order valence-corrected chi connectivity index (χ0v) is 44.6. The second-order valence-corrected chi connectivity index (χ2v) is 16.6. The molecule has 6 aromatic rings. The number of carbonyl (C=O) groups excluding carboxylic acids is 4. The van der Waals surface area contributed by atoms with Crippen molar-refractivity contribution in [2.75, 3.05) is 36.2 Å². The van der Waals surface area contributed by atoms with E-state index in [2.05, 4.69) is 148 Å². The standard InChI is InChI=1S/C28H30BrNO4.C28H31NO4.C2H6.BHNS/c1-3-33-27(31)19-9-21-5-13-24(14-6-21)30(26-17-11-23(29)12-18-26)25-15-7-22(8-16-25)10-20-28(32)34-4-2;1-3-32-27(30)20-14-22-10-16-25(17-11-22)29(24-8-6-5-7-9-24)26-18-12-23(13-19-26)15-21-28(31)33-4-2;1-2;1-2-3/h5-8,11-18H,3-4,9-10,19-20H2,1-2H3;5-13,16-19H,3-4,14-15,20-21H2,1-2H3;1-2H3;3H/i;;1D;.